The van der Waals surface area contributed by atoms with Crippen molar-refractivity contribution in [3.05, 3.63) is 52.5 Å². The lowest BCUT2D eigenvalue weighted by Crippen LogP contribution is -2.51. The van der Waals surface area contributed by atoms with Crippen LogP contribution in [0.4, 0.5) is 0 Å². The summed E-state index contributed by atoms with van der Waals surface area (Å²) >= 11 is 0. The summed E-state index contributed by atoms with van der Waals surface area (Å²) in [6.07, 6.45) is 1.46. The summed E-state index contributed by atoms with van der Waals surface area (Å²) < 4.78 is 16.8. The van der Waals surface area contributed by atoms with Crippen molar-refractivity contribution in [1.82, 2.24) is 19.5 Å². The number of nitrogens with one attached hydrogen (secondary N) is 1. The third kappa shape index (κ3) is 4.53. The minimum atomic E-state index is -0.416. The minimum absolute atomic E-state index is 0.0820. The molecule has 1 fully saturated rings. The highest BCUT2D eigenvalue weighted by Gasteiger charge is 2.25. The zero-order valence-corrected chi connectivity index (χ0v) is 18.7. The van der Waals surface area contributed by atoms with E-state index in [1.165, 1.54) is 20.5 Å². The molecule has 2 amide bonds. The molecule has 2 aromatic heterocycles. The molecule has 0 saturated carbocycles. The Labute approximate surface area is 189 Å². The number of amides is 2. The average Bonchev–Trinajstić information content (AvgIpc) is 3.36. The third-order valence-electron chi connectivity index (χ3n) is 5.54. The lowest BCUT2D eigenvalue weighted by molar-refractivity contribution is -0.118. The van der Waals surface area contributed by atoms with Crippen LogP contribution in [0.2, 0.25) is 0 Å². The Morgan fingerprint density at radius 1 is 1.12 bits per heavy atom. The number of furan rings is 1. The lowest BCUT2D eigenvalue weighted by Gasteiger charge is -2.33. The Hall–Kier alpha value is -3.86. The summed E-state index contributed by atoms with van der Waals surface area (Å²) in [5.74, 6) is 0.972. The van der Waals surface area contributed by atoms with Gasteiger partial charge in [0.15, 0.2) is 17.3 Å². The maximum Gasteiger partial charge on any atom is 0.289 e. The maximum absolute atomic E-state index is 13.0. The monoisotopic (exact) mass is 455 g/mol. The molecule has 33 heavy (non-hydrogen) atoms. The van der Waals surface area contributed by atoms with Gasteiger partial charge >= 0.3 is 0 Å². The number of ether oxygens (including phenoxy) is 2. The molecule has 11 heteroatoms. The van der Waals surface area contributed by atoms with Crippen LogP contribution in [0.3, 0.4) is 0 Å². The minimum Gasteiger partial charge on any atom is -0.493 e. The molecule has 11 nitrogen and oxygen atoms in total. The zero-order valence-electron chi connectivity index (χ0n) is 18.7. The molecular weight excluding hydrogens is 430 g/mol. The third-order valence-corrected chi connectivity index (χ3v) is 5.54. The summed E-state index contributed by atoms with van der Waals surface area (Å²) in [6, 6.07) is 6.47. The van der Waals surface area contributed by atoms with Gasteiger partial charge in [0.25, 0.3) is 17.4 Å². The van der Waals surface area contributed by atoms with Gasteiger partial charge in [-0.25, -0.2) is 9.66 Å². The van der Waals surface area contributed by atoms with Crippen LogP contribution in [0, 0.1) is 6.92 Å². The van der Waals surface area contributed by atoms with Crippen LogP contribution < -0.4 is 20.5 Å². The lowest BCUT2D eigenvalue weighted by atomic mass is 10.2. The molecule has 0 unspecified atom stereocenters. The van der Waals surface area contributed by atoms with Crippen LogP contribution in [0.25, 0.3) is 10.9 Å². The average molecular weight is 455 g/mol. The summed E-state index contributed by atoms with van der Waals surface area (Å²) in [5.41, 5.74) is 2.66. The molecule has 0 aliphatic carbocycles. The van der Waals surface area contributed by atoms with Crippen LogP contribution in [-0.4, -0.2) is 78.2 Å². The van der Waals surface area contributed by atoms with Crippen LogP contribution in [0.1, 0.15) is 16.4 Å². The predicted octanol–water partition coefficient (Wildman–Crippen LogP) is 0.843. The Morgan fingerprint density at radius 3 is 2.45 bits per heavy atom. The van der Waals surface area contributed by atoms with Crippen molar-refractivity contribution in [3.63, 3.8) is 0 Å². The fraction of sp³-hybridized carbons (Fsp3) is 0.364. The molecule has 1 N–H and O–H groups in total. The van der Waals surface area contributed by atoms with Crippen molar-refractivity contribution >= 4 is 22.7 Å². The van der Waals surface area contributed by atoms with Gasteiger partial charge in [0.2, 0.25) is 0 Å². The molecule has 3 heterocycles. The highest BCUT2D eigenvalue weighted by Crippen LogP contribution is 2.30. The number of carbonyl (C=O) groups excluding carboxylic acids is 2. The first-order valence-electron chi connectivity index (χ1n) is 10.4. The van der Waals surface area contributed by atoms with Crippen LogP contribution in [0.5, 0.6) is 11.5 Å². The summed E-state index contributed by atoms with van der Waals surface area (Å²) in [7, 11) is 2.98. The van der Waals surface area contributed by atoms with Gasteiger partial charge in [-0.3, -0.25) is 24.7 Å². The second-order valence-corrected chi connectivity index (χ2v) is 7.60. The van der Waals surface area contributed by atoms with Crippen LogP contribution in [0.15, 0.2) is 39.7 Å². The number of piperazine rings is 1. The smallest absolute Gasteiger partial charge is 0.289 e. The molecule has 1 aliphatic rings. The van der Waals surface area contributed by atoms with E-state index >= 15 is 0 Å². The Kier molecular flexibility index (Phi) is 6.31. The molecule has 1 aromatic carbocycles. The van der Waals surface area contributed by atoms with E-state index in [0.29, 0.717) is 60.2 Å². The number of rotatable bonds is 6. The van der Waals surface area contributed by atoms with E-state index in [1.807, 2.05) is 4.90 Å². The summed E-state index contributed by atoms with van der Waals surface area (Å²) in [5, 5.41) is 0.295. The molecule has 0 radical (unpaired) electrons. The first-order chi connectivity index (χ1) is 15.9. The fourth-order valence-corrected chi connectivity index (χ4v) is 3.78. The Balaban J connectivity index is 1.43. The van der Waals surface area contributed by atoms with Crippen LogP contribution in [-0.2, 0) is 4.79 Å². The fourth-order valence-electron chi connectivity index (χ4n) is 3.78. The van der Waals surface area contributed by atoms with Gasteiger partial charge in [-0.2, -0.15) is 0 Å². The van der Waals surface area contributed by atoms with Crippen molar-refractivity contribution in [2.45, 2.75) is 6.92 Å². The molecular formula is C22H25N5O6. The second-order valence-electron chi connectivity index (χ2n) is 7.60. The number of aromatic nitrogens is 2. The number of nitrogens with zero attached hydrogens (tertiary/aromatic N) is 4. The van der Waals surface area contributed by atoms with Gasteiger partial charge < -0.3 is 18.8 Å². The summed E-state index contributed by atoms with van der Waals surface area (Å²) in [4.78, 5) is 46.1. The molecule has 174 valence electrons. The molecule has 0 bridgehead atoms. The first-order valence-corrected chi connectivity index (χ1v) is 10.4. The SMILES string of the molecule is COc1cc2nc(C)n(NC(=O)CN3CCN(C(=O)c4ccco4)CC3)c(=O)c2cc1OC. The molecule has 0 atom stereocenters. The maximum atomic E-state index is 13.0. The first kappa shape index (κ1) is 22.3. The van der Waals surface area contributed by atoms with Crippen molar-refractivity contribution in [1.29, 1.82) is 0 Å². The van der Waals surface area contributed by atoms with E-state index in [9.17, 15) is 14.4 Å². The van der Waals surface area contributed by atoms with Crippen LogP contribution >= 0.6 is 0 Å². The van der Waals surface area contributed by atoms with Gasteiger partial charge in [0.1, 0.15) is 5.82 Å². The topological polar surface area (TPSA) is 119 Å². The Morgan fingerprint density at radius 2 is 1.82 bits per heavy atom. The zero-order chi connectivity index (χ0) is 23.5. The molecule has 1 aliphatic heterocycles. The van der Waals surface area contributed by atoms with E-state index in [0.717, 1.165) is 4.68 Å². The van der Waals surface area contributed by atoms with Gasteiger partial charge in [-0.15, -0.1) is 0 Å². The molecule has 4 rings (SSSR count). The number of aryl methyl sites for hydroxylation is 1. The number of hydrogen-bond donors (Lipinski definition) is 1. The second kappa shape index (κ2) is 9.33. The molecule has 1 saturated heterocycles. The van der Waals surface area contributed by atoms with Gasteiger partial charge in [-0.05, 0) is 25.1 Å². The van der Waals surface area contributed by atoms with Gasteiger partial charge in [-0.1, -0.05) is 0 Å². The number of benzene rings is 1. The highest BCUT2D eigenvalue weighted by molar-refractivity contribution is 5.91. The van der Waals surface area contributed by atoms with Crippen molar-refractivity contribution in [3.8, 4) is 11.5 Å². The van der Waals surface area contributed by atoms with E-state index in [4.69, 9.17) is 13.9 Å². The molecule has 3 aromatic rings. The number of hydrogen-bond acceptors (Lipinski definition) is 8. The largest absolute Gasteiger partial charge is 0.493 e. The Bertz CT molecular complexity index is 1230. The van der Waals surface area contributed by atoms with E-state index in [2.05, 4.69) is 10.4 Å². The summed E-state index contributed by atoms with van der Waals surface area (Å²) in [6.45, 7) is 3.73. The quantitative estimate of drug-likeness (QED) is 0.581. The van der Waals surface area contributed by atoms with E-state index < -0.39 is 5.56 Å². The number of carbonyl (C=O) groups is 2. The van der Waals surface area contributed by atoms with Gasteiger partial charge in [0, 0.05) is 32.2 Å². The number of fused-ring (bicyclic) bond motifs is 1. The van der Waals surface area contributed by atoms with Crippen molar-refractivity contribution in [2.75, 3.05) is 52.4 Å². The van der Waals surface area contributed by atoms with Crippen molar-refractivity contribution in [2.24, 2.45) is 0 Å². The molecule has 0 spiro atoms. The standard InChI is InChI=1S/C22H25N5O6/c1-14-23-16-12-19(32-3)18(31-2)11-15(16)21(29)27(14)24-20(28)13-25-6-8-26(9-7-25)22(30)17-5-4-10-33-17/h4-5,10-12H,6-9,13H2,1-3H3,(H,24,28). The highest BCUT2D eigenvalue weighted by atomic mass is 16.5. The predicted molar refractivity (Wildman–Crippen MR) is 119 cm³/mol. The normalized spacial score (nSPS) is 14.3. The number of methoxy groups -OCH3 is 2. The van der Waals surface area contributed by atoms with Crippen molar-refractivity contribution < 1.29 is 23.5 Å². The van der Waals surface area contributed by atoms with E-state index in [1.54, 1.807) is 36.1 Å². The van der Waals surface area contributed by atoms with Gasteiger partial charge in [0.05, 0.1) is 37.9 Å². The van der Waals surface area contributed by atoms with E-state index in [-0.39, 0.29) is 18.4 Å².